The molecule has 1 atom stereocenters. The van der Waals surface area contributed by atoms with Crippen molar-refractivity contribution in [3.63, 3.8) is 0 Å². The van der Waals surface area contributed by atoms with Crippen LogP contribution in [0.3, 0.4) is 0 Å². The van der Waals surface area contributed by atoms with Gasteiger partial charge in [-0.3, -0.25) is 4.79 Å². The van der Waals surface area contributed by atoms with Crippen LogP contribution >= 0.6 is 0 Å². The lowest BCUT2D eigenvalue weighted by Gasteiger charge is -2.38. The van der Waals surface area contributed by atoms with Crippen molar-refractivity contribution in [2.75, 3.05) is 6.61 Å². The number of hydrogen-bond donors (Lipinski definition) is 2. The molecule has 0 bridgehead atoms. The third-order valence-corrected chi connectivity index (χ3v) is 6.18. The summed E-state index contributed by atoms with van der Waals surface area (Å²) in [5.74, 6) is -0.763. The quantitative estimate of drug-likeness (QED) is 0.779. The Bertz CT molecular complexity index is 842. The highest BCUT2D eigenvalue weighted by atomic mass is 16.5. The minimum absolute atomic E-state index is 0.0359. The summed E-state index contributed by atoms with van der Waals surface area (Å²) in [6.45, 7) is 2.29. The number of nitrogens with one attached hydrogen (secondary N) is 1. The summed E-state index contributed by atoms with van der Waals surface area (Å²) < 4.78 is 5.60. The second-order valence-electron chi connectivity index (χ2n) is 7.75. The van der Waals surface area contributed by atoms with Crippen LogP contribution in [0.25, 0.3) is 11.1 Å². The standard InChI is InChI=1S/C23H25NO4/c1-2-21(14-11-15(12-14)22(25)26)24-23(27)28-13-20-18-9-5-3-7-16(18)17-8-4-6-10-19(17)20/h3-10,14-15,20-21H,2,11-13H2,1H3,(H,24,27)(H,25,26). The third-order valence-electron chi connectivity index (χ3n) is 6.18. The van der Waals surface area contributed by atoms with E-state index in [1.165, 1.54) is 22.3 Å². The highest BCUT2D eigenvalue weighted by Gasteiger charge is 2.39. The predicted molar refractivity (Wildman–Crippen MR) is 106 cm³/mol. The van der Waals surface area contributed by atoms with E-state index >= 15 is 0 Å². The van der Waals surface area contributed by atoms with Crippen LogP contribution in [0.15, 0.2) is 48.5 Å². The zero-order valence-electron chi connectivity index (χ0n) is 15.9. The third kappa shape index (κ3) is 3.37. The van der Waals surface area contributed by atoms with E-state index in [2.05, 4.69) is 29.6 Å². The first-order chi connectivity index (χ1) is 13.6. The van der Waals surface area contributed by atoms with Crippen molar-refractivity contribution in [3.05, 3.63) is 59.7 Å². The lowest BCUT2D eigenvalue weighted by molar-refractivity contribution is -0.146. The number of carboxylic acids is 1. The Morgan fingerprint density at radius 2 is 1.64 bits per heavy atom. The maximum Gasteiger partial charge on any atom is 0.407 e. The van der Waals surface area contributed by atoms with E-state index in [4.69, 9.17) is 9.84 Å². The Balaban J connectivity index is 1.38. The summed E-state index contributed by atoms with van der Waals surface area (Å²) in [4.78, 5) is 23.4. The van der Waals surface area contributed by atoms with Crippen LogP contribution in [-0.2, 0) is 9.53 Å². The first-order valence-corrected chi connectivity index (χ1v) is 9.92. The average Bonchev–Trinajstić information content (AvgIpc) is 2.98. The molecule has 1 unspecified atom stereocenters. The van der Waals surface area contributed by atoms with Crippen molar-refractivity contribution >= 4 is 12.1 Å². The lowest BCUT2D eigenvalue weighted by atomic mass is 9.70. The maximum atomic E-state index is 12.4. The molecule has 0 aromatic heterocycles. The summed E-state index contributed by atoms with van der Waals surface area (Å²) in [6, 6.07) is 16.5. The number of carboxylic acid groups (broad SMARTS) is 1. The fourth-order valence-corrected chi connectivity index (χ4v) is 4.54. The number of alkyl carbamates (subject to hydrolysis) is 1. The van der Waals surface area contributed by atoms with Gasteiger partial charge in [0.05, 0.1) is 5.92 Å². The number of aliphatic carboxylic acids is 1. The summed E-state index contributed by atoms with van der Waals surface area (Å²) in [7, 11) is 0. The Morgan fingerprint density at radius 1 is 1.07 bits per heavy atom. The number of fused-ring (bicyclic) bond motifs is 3. The van der Waals surface area contributed by atoms with Gasteiger partial charge in [-0.25, -0.2) is 4.79 Å². The average molecular weight is 379 g/mol. The molecule has 28 heavy (non-hydrogen) atoms. The summed E-state index contributed by atoms with van der Waals surface area (Å²) in [5, 5.41) is 12.0. The van der Waals surface area contributed by atoms with E-state index in [0.717, 1.165) is 6.42 Å². The first kappa shape index (κ1) is 18.5. The molecule has 0 radical (unpaired) electrons. The molecule has 2 aromatic carbocycles. The molecule has 0 spiro atoms. The van der Waals surface area contributed by atoms with Crippen LogP contribution in [0.5, 0.6) is 0 Å². The molecule has 2 aromatic rings. The van der Waals surface area contributed by atoms with Gasteiger partial charge in [0, 0.05) is 12.0 Å². The van der Waals surface area contributed by atoms with E-state index < -0.39 is 12.1 Å². The summed E-state index contributed by atoms with van der Waals surface area (Å²) in [6.07, 6.45) is 1.59. The Kier molecular flexibility index (Phi) is 5.07. The van der Waals surface area contributed by atoms with E-state index in [1.807, 2.05) is 31.2 Å². The maximum absolute atomic E-state index is 12.4. The second kappa shape index (κ2) is 7.66. The van der Waals surface area contributed by atoms with Gasteiger partial charge in [0.1, 0.15) is 6.61 Å². The molecule has 4 rings (SSSR count). The molecule has 5 heteroatoms. The number of amides is 1. The van der Waals surface area contributed by atoms with Gasteiger partial charge in [-0.2, -0.15) is 0 Å². The van der Waals surface area contributed by atoms with Crippen LogP contribution in [0.1, 0.15) is 43.2 Å². The van der Waals surface area contributed by atoms with Crippen LogP contribution in [0.2, 0.25) is 0 Å². The highest BCUT2D eigenvalue weighted by molar-refractivity contribution is 5.79. The van der Waals surface area contributed by atoms with Gasteiger partial charge >= 0.3 is 12.1 Å². The molecule has 2 N–H and O–H groups in total. The van der Waals surface area contributed by atoms with Gasteiger partial charge in [0.2, 0.25) is 0 Å². The topological polar surface area (TPSA) is 75.6 Å². The first-order valence-electron chi connectivity index (χ1n) is 9.92. The van der Waals surface area contributed by atoms with Crippen LogP contribution in [0, 0.1) is 11.8 Å². The Morgan fingerprint density at radius 3 is 2.18 bits per heavy atom. The zero-order chi connectivity index (χ0) is 19.7. The van der Waals surface area contributed by atoms with Crippen molar-refractivity contribution in [2.24, 2.45) is 11.8 Å². The van der Waals surface area contributed by atoms with E-state index in [1.54, 1.807) is 0 Å². The van der Waals surface area contributed by atoms with Gasteiger partial charge in [0.15, 0.2) is 0 Å². The smallest absolute Gasteiger partial charge is 0.407 e. The van der Waals surface area contributed by atoms with Crippen molar-refractivity contribution in [1.29, 1.82) is 0 Å². The lowest BCUT2D eigenvalue weighted by Crippen LogP contribution is -2.47. The molecule has 5 nitrogen and oxygen atoms in total. The normalized spacial score (nSPS) is 21.2. The van der Waals surface area contributed by atoms with Crippen molar-refractivity contribution < 1.29 is 19.4 Å². The molecule has 0 heterocycles. The van der Waals surface area contributed by atoms with Gasteiger partial charge < -0.3 is 15.2 Å². The Hall–Kier alpha value is -2.82. The number of benzene rings is 2. The number of hydrogen-bond acceptors (Lipinski definition) is 3. The summed E-state index contributed by atoms with van der Waals surface area (Å²) >= 11 is 0. The molecular formula is C23H25NO4. The highest BCUT2D eigenvalue weighted by Crippen LogP contribution is 2.44. The number of carbonyl (C=O) groups excluding carboxylic acids is 1. The number of rotatable bonds is 6. The minimum Gasteiger partial charge on any atom is -0.481 e. The van der Waals surface area contributed by atoms with Crippen molar-refractivity contribution in [2.45, 2.75) is 38.1 Å². The molecule has 0 saturated heterocycles. The molecular weight excluding hydrogens is 354 g/mol. The molecule has 1 fully saturated rings. The molecule has 1 saturated carbocycles. The number of ether oxygens (including phenoxy) is 1. The Labute approximate surface area is 164 Å². The zero-order valence-corrected chi connectivity index (χ0v) is 15.9. The van der Waals surface area contributed by atoms with Crippen molar-refractivity contribution in [3.8, 4) is 11.1 Å². The van der Waals surface area contributed by atoms with Crippen LogP contribution in [-0.4, -0.2) is 29.8 Å². The predicted octanol–water partition coefficient (Wildman–Crippen LogP) is 4.41. The van der Waals surface area contributed by atoms with E-state index in [0.29, 0.717) is 19.4 Å². The minimum atomic E-state index is -0.743. The molecule has 1 amide bonds. The molecule has 2 aliphatic carbocycles. The molecule has 2 aliphatic rings. The van der Waals surface area contributed by atoms with Gasteiger partial charge in [-0.05, 0) is 47.4 Å². The van der Waals surface area contributed by atoms with Crippen molar-refractivity contribution in [1.82, 2.24) is 5.32 Å². The van der Waals surface area contributed by atoms with E-state index in [-0.39, 0.29) is 23.8 Å². The number of carbonyl (C=O) groups is 2. The van der Waals surface area contributed by atoms with Gasteiger partial charge in [0.25, 0.3) is 0 Å². The molecule has 0 aliphatic heterocycles. The monoisotopic (exact) mass is 379 g/mol. The largest absolute Gasteiger partial charge is 0.481 e. The fraction of sp³-hybridized carbons (Fsp3) is 0.391. The van der Waals surface area contributed by atoms with Gasteiger partial charge in [-0.1, -0.05) is 55.5 Å². The summed E-state index contributed by atoms with van der Waals surface area (Å²) in [5.41, 5.74) is 4.78. The van der Waals surface area contributed by atoms with Gasteiger partial charge in [-0.15, -0.1) is 0 Å². The fourth-order valence-electron chi connectivity index (χ4n) is 4.54. The molecule has 146 valence electrons. The SMILES string of the molecule is CCC(NC(=O)OCC1c2ccccc2-c2ccccc21)C1CC(C(=O)O)C1. The van der Waals surface area contributed by atoms with E-state index in [9.17, 15) is 9.59 Å². The second-order valence-corrected chi connectivity index (χ2v) is 7.75. The van der Waals surface area contributed by atoms with Crippen LogP contribution in [0.4, 0.5) is 4.79 Å². The van der Waals surface area contributed by atoms with Crippen LogP contribution < -0.4 is 5.32 Å².